The number of aromatic nitrogens is 2. The van der Waals surface area contributed by atoms with Gasteiger partial charge in [0.2, 0.25) is 5.91 Å². The van der Waals surface area contributed by atoms with Gasteiger partial charge in [-0.3, -0.25) is 9.59 Å². The quantitative estimate of drug-likeness (QED) is 0.774. The molecule has 2 heterocycles. The summed E-state index contributed by atoms with van der Waals surface area (Å²) in [4.78, 5) is 28.4. The maximum atomic E-state index is 12.0. The summed E-state index contributed by atoms with van der Waals surface area (Å²) in [6.45, 7) is 3.83. The average molecular weight is 322 g/mol. The van der Waals surface area contributed by atoms with Crippen molar-refractivity contribution in [3.05, 3.63) is 65.6 Å². The lowest BCUT2D eigenvalue weighted by Crippen LogP contribution is -2.32. The Bertz CT molecular complexity index is 900. The highest BCUT2D eigenvalue weighted by molar-refractivity contribution is 5.99. The fraction of sp³-hybridized carbons (Fsp3) is 0.167. The third-order valence-corrected chi connectivity index (χ3v) is 3.82. The summed E-state index contributed by atoms with van der Waals surface area (Å²) in [5.41, 5.74) is 3.99. The van der Waals surface area contributed by atoms with Gasteiger partial charge in [-0.2, -0.15) is 0 Å². The molecule has 0 unspecified atom stereocenters. The number of carbonyl (C=O) groups excluding carboxylic acids is 2. The number of amides is 2. The Balaban J connectivity index is 1.62. The molecule has 122 valence electrons. The summed E-state index contributed by atoms with van der Waals surface area (Å²) in [5.74, 6) is -0.560. The number of fused-ring (bicyclic) bond motifs is 1. The third-order valence-electron chi connectivity index (χ3n) is 3.82. The van der Waals surface area contributed by atoms with Crippen LogP contribution in [-0.4, -0.2) is 27.7 Å². The van der Waals surface area contributed by atoms with E-state index in [0.29, 0.717) is 11.3 Å². The molecular weight excluding hydrogens is 304 g/mol. The van der Waals surface area contributed by atoms with Gasteiger partial charge in [0.25, 0.3) is 5.91 Å². The maximum Gasteiger partial charge on any atom is 0.251 e. The van der Waals surface area contributed by atoms with E-state index in [-0.39, 0.29) is 18.4 Å². The Hall–Kier alpha value is -3.15. The minimum absolute atomic E-state index is 0.0896. The number of aryl methyl sites for hydroxylation is 2. The van der Waals surface area contributed by atoms with Gasteiger partial charge >= 0.3 is 0 Å². The monoisotopic (exact) mass is 322 g/mol. The number of pyridine rings is 1. The van der Waals surface area contributed by atoms with Crippen LogP contribution in [0, 0.1) is 13.8 Å². The van der Waals surface area contributed by atoms with E-state index in [0.717, 1.165) is 17.0 Å². The Kier molecular flexibility index (Phi) is 4.29. The minimum atomic E-state index is -0.284. The van der Waals surface area contributed by atoms with Gasteiger partial charge in [0.05, 0.1) is 17.9 Å². The van der Waals surface area contributed by atoms with Gasteiger partial charge in [-0.05, 0) is 38.1 Å². The molecule has 0 saturated heterocycles. The van der Waals surface area contributed by atoms with Gasteiger partial charge < -0.3 is 15.0 Å². The molecule has 6 heteroatoms. The first-order valence-electron chi connectivity index (χ1n) is 7.63. The Morgan fingerprint density at radius 1 is 1.08 bits per heavy atom. The highest BCUT2D eigenvalue weighted by atomic mass is 16.2. The lowest BCUT2D eigenvalue weighted by Gasteiger charge is -2.08. The average Bonchev–Trinajstić information content (AvgIpc) is 2.88. The Morgan fingerprint density at radius 2 is 1.83 bits per heavy atom. The van der Waals surface area contributed by atoms with E-state index in [2.05, 4.69) is 15.6 Å². The van der Waals surface area contributed by atoms with Crippen molar-refractivity contribution < 1.29 is 9.59 Å². The number of rotatable bonds is 4. The molecule has 3 rings (SSSR count). The van der Waals surface area contributed by atoms with E-state index in [1.54, 1.807) is 30.3 Å². The molecule has 0 atom stereocenters. The molecule has 0 aliphatic carbocycles. The molecule has 0 saturated carbocycles. The molecule has 2 N–H and O–H groups in total. The standard InChI is InChI=1S/C18H18N4O2/c1-12-13(2)22-11-15(8-9-16(22)20-12)21-17(23)10-19-18(24)14-6-4-3-5-7-14/h3-9,11H,10H2,1-2H3,(H,19,24)(H,21,23). The van der Waals surface area contributed by atoms with Crippen molar-refractivity contribution in [3.8, 4) is 0 Å². The molecule has 2 aromatic heterocycles. The van der Waals surface area contributed by atoms with Crippen LogP contribution in [-0.2, 0) is 4.79 Å². The van der Waals surface area contributed by atoms with Crippen LogP contribution in [0.4, 0.5) is 5.69 Å². The number of carbonyl (C=O) groups is 2. The van der Waals surface area contributed by atoms with Crippen LogP contribution in [0.25, 0.3) is 5.65 Å². The van der Waals surface area contributed by atoms with Crippen LogP contribution < -0.4 is 10.6 Å². The molecule has 0 aliphatic rings. The molecule has 0 aliphatic heterocycles. The molecule has 3 aromatic rings. The second kappa shape index (κ2) is 6.54. The molecule has 0 spiro atoms. The SMILES string of the molecule is Cc1nc2ccc(NC(=O)CNC(=O)c3ccccc3)cn2c1C. The smallest absolute Gasteiger partial charge is 0.251 e. The summed E-state index contributed by atoms with van der Waals surface area (Å²) < 4.78 is 1.92. The topological polar surface area (TPSA) is 75.5 Å². The van der Waals surface area contributed by atoms with Crippen molar-refractivity contribution in [3.63, 3.8) is 0 Å². The summed E-state index contributed by atoms with van der Waals surface area (Å²) in [7, 11) is 0. The van der Waals surface area contributed by atoms with E-state index < -0.39 is 0 Å². The number of hydrogen-bond donors (Lipinski definition) is 2. The molecule has 6 nitrogen and oxygen atoms in total. The van der Waals surface area contributed by atoms with Crippen LogP contribution in [0.2, 0.25) is 0 Å². The van der Waals surface area contributed by atoms with Gasteiger partial charge in [0.1, 0.15) is 5.65 Å². The van der Waals surface area contributed by atoms with E-state index in [1.165, 1.54) is 0 Å². The summed E-state index contributed by atoms with van der Waals surface area (Å²) >= 11 is 0. The van der Waals surface area contributed by atoms with Crippen molar-refractivity contribution in [1.29, 1.82) is 0 Å². The fourth-order valence-corrected chi connectivity index (χ4v) is 2.41. The second-order valence-electron chi connectivity index (χ2n) is 5.53. The predicted molar refractivity (Wildman–Crippen MR) is 92.1 cm³/mol. The lowest BCUT2D eigenvalue weighted by molar-refractivity contribution is -0.115. The van der Waals surface area contributed by atoms with E-state index in [4.69, 9.17) is 0 Å². The molecular formula is C18H18N4O2. The zero-order chi connectivity index (χ0) is 17.1. The Labute approximate surface area is 139 Å². The molecule has 0 radical (unpaired) electrons. The molecule has 1 aromatic carbocycles. The molecule has 24 heavy (non-hydrogen) atoms. The number of hydrogen-bond acceptors (Lipinski definition) is 3. The number of nitrogens with one attached hydrogen (secondary N) is 2. The predicted octanol–water partition coefficient (Wildman–Crippen LogP) is 2.32. The molecule has 2 amide bonds. The van der Waals surface area contributed by atoms with Crippen LogP contribution >= 0.6 is 0 Å². The summed E-state index contributed by atoms with van der Waals surface area (Å²) in [5, 5.41) is 5.38. The summed E-state index contributed by atoms with van der Waals surface area (Å²) in [6.07, 6.45) is 1.82. The largest absolute Gasteiger partial charge is 0.343 e. The van der Waals surface area contributed by atoms with Crippen LogP contribution in [0.3, 0.4) is 0 Å². The maximum absolute atomic E-state index is 12.0. The number of benzene rings is 1. The summed E-state index contributed by atoms with van der Waals surface area (Å²) in [6, 6.07) is 12.4. The van der Waals surface area contributed by atoms with Crippen LogP contribution in [0.5, 0.6) is 0 Å². The fourth-order valence-electron chi connectivity index (χ4n) is 2.41. The zero-order valence-electron chi connectivity index (χ0n) is 13.5. The second-order valence-corrected chi connectivity index (χ2v) is 5.53. The normalized spacial score (nSPS) is 10.6. The van der Waals surface area contributed by atoms with Gasteiger partial charge in [0, 0.05) is 17.5 Å². The molecule has 0 bridgehead atoms. The first kappa shape index (κ1) is 15.7. The van der Waals surface area contributed by atoms with Crippen LogP contribution in [0.1, 0.15) is 21.7 Å². The molecule has 0 fully saturated rings. The highest BCUT2D eigenvalue weighted by Gasteiger charge is 2.09. The lowest BCUT2D eigenvalue weighted by atomic mass is 10.2. The number of imidazole rings is 1. The zero-order valence-corrected chi connectivity index (χ0v) is 13.5. The van der Waals surface area contributed by atoms with Crippen molar-refractivity contribution >= 4 is 23.1 Å². The van der Waals surface area contributed by atoms with E-state index >= 15 is 0 Å². The van der Waals surface area contributed by atoms with Crippen molar-refractivity contribution in [2.75, 3.05) is 11.9 Å². The third kappa shape index (κ3) is 3.27. The number of anilines is 1. The van der Waals surface area contributed by atoms with E-state index in [9.17, 15) is 9.59 Å². The highest BCUT2D eigenvalue weighted by Crippen LogP contribution is 2.15. The van der Waals surface area contributed by atoms with Crippen molar-refractivity contribution in [2.45, 2.75) is 13.8 Å². The number of nitrogens with zero attached hydrogens (tertiary/aromatic N) is 2. The van der Waals surface area contributed by atoms with Gasteiger partial charge in [0.15, 0.2) is 0 Å². The van der Waals surface area contributed by atoms with Gasteiger partial charge in [-0.15, -0.1) is 0 Å². The minimum Gasteiger partial charge on any atom is -0.343 e. The first-order chi connectivity index (χ1) is 11.5. The van der Waals surface area contributed by atoms with Gasteiger partial charge in [-0.25, -0.2) is 4.98 Å². The van der Waals surface area contributed by atoms with Crippen LogP contribution in [0.15, 0.2) is 48.7 Å². The first-order valence-corrected chi connectivity index (χ1v) is 7.63. The van der Waals surface area contributed by atoms with Crippen molar-refractivity contribution in [2.24, 2.45) is 0 Å². The van der Waals surface area contributed by atoms with Crippen molar-refractivity contribution in [1.82, 2.24) is 14.7 Å². The van der Waals surface area contributed by atoms with E-state index in [1.807, 2.05) is 36.6 Å². The van der Waals surface area contributed by atoms with Gasteiger partial charge in [-0.1, -0.05) is 18.2 Å². The Morgan fingerprint density at radius 3 is 2.58 bits per heavy atom.